The second-order valence-corrected chi connectivity index (χ2v) is 3.22. The Labute approximate surface area is 98.0 Å². The van der Waals surface area contributed by atoms with Crippen LogP contribution in [0, 0.1) is 0 Å². The zero-order chi connectivity index (χ0) is 9.84. The summed E-state index contributed by atoms with van der Waals surface area (Å²) in [6.45, 7) is -0.0805. The average Bonchev–Trinajstić information content (AvgIpc) is 2.11. The van der Waals surface area contributed by atoms with Crippen molar-refractivity contribution >= 4 is 47.2 Å². The van der Waals surface area contributed by atoms with Crippen LogP contribution in [-0.2, 0) is 4.79 Å². The van der Waals surface area contributed by atoms with Crippen molar-refractivity contribution in [2.24, 2.45) is 5.73 Å². The van der Waals surface area contributed by atoms with E-state index in [0.717, 1.165) is 0 Å². The molecule has 0 heterocycles. The molecule has 14 heavy (non-hydrogen) atoms. The van der Waals surface area contributed by atoms with Crippen LogP contribution in [0.3, 0.4) is 0 Å². The van der Waals surface area contributed by atoms with Crippen molar-refractivity contribution in [3.63, 3.8) is 0 Å². The van der Waals surface area contributed by atoms with Crippen molar-refractivity contribution in [3.8, 4) is 0 Å². The average molecular weight is 256 g/mol. The summed E-state index contributed by atoms with van der Waals surface area (Å²) < 4.78 is 0. The standard InChI is InChI=1S/C8H8Cl2N2O.ClH/c9-5-1-2-6(10)7(3-5)12-8(13)4-11;/h1-3H,4,11H2,(H,12,13);1H. The molecule has 0 saturated carbocycles. The first kappa shape index (κ1) is 13.5. The van der Waals surface area contributed by atoms with Gasteiger partial charge >= 0.3 is 0 Å². The van der Waals surface area contributed by atoms with Gasteiger partial charge in [-0.15, -0.1) is 12.4 Å². The maximum absolute atomic E-state index is 10.9. The molecular formula is C8H9Cl3N2O. The molecule has 1 aromatic rings. The number of rotatable bonds is 2. The summed E-state index contributed by atoms with van der Waals surface area (Å²) in [6.07, 6.45) is 0. The highest BCUT2D eigenvalue weighted by Gasteiger charge is 2.03. The second kappa shape index (κ2) is 6.09. The zero-order valence-electron chi connectivity index (χ0n) is 7.09. The highest BCUT2D eigenvalue weighted by atomic mass is 35.5. The van der Waals surface area contributed by atoms with E-state index in [-0.39, 0.29) is 24.9 Å². The molecular weight excluding hydrogens is 246 g/mol. The molecule has 0 aromatic heterocycles. The lowest BCUT2D eigenvalue weighted by atomic mass is 10.3. The van der Waals surface area contributed by atoms with E-state index in [1.54, 1.807) is 18.2 Å². The van der Waals surface area contributed by atoms with Crippen LogP contribution in [0.1, 0.15) is 0 Å². The number of hydrogen-bond donors (Lipinski definition) is 2. The molecule has 0 aliphatic carbocycles. The van der Waals surface area contributed by atoms with Crippen LogP contribution in [0.2, 0.25) is 10.0 Å². The van der Waals surface area contributed by atoms with Crippen molar-refractivity contribution < 1.29 is 4.79 Å². The molecule has 1 aromatic carbocycles. The van der Waals surface area contributed by atoms with E-state index in [1.807, 2.05) is 0 Å². The largest absolute Gasteiger partial charge is 0.324 e. The molecule has 1 rings (SSSR count). The van der Waals surface area contributed by atoms with Gasteiger partial charge in [-0.3, -0.25) is 4.79 Å². The van der Waals surface area contributed by atoms with Crippen LogP contribution in [0.4, 0.5) is 5.69 Å². The van der Waals surface area contributed by atoms with Gasteiger partial charge in [-0.2, -0.15) is 0 Å². The quantitative estimate of drug-likeness (QED) is 0.852. The van der Waals surface area contributed by atoms with E-state index in [0.29, 0.717) is 15.7 Å². The molecule has 0 aliphatic heterocycles. The first-order valence-electron chi connectivity index (χ1n) is 3.58. The van der Waals surface area contributed by atoms with Crippen LogP contribution in [0.25, 0.3) is 0 Å². The number of nitrogens with two attached hydrogens (primary N) is 1. The van der Waals surface area contributed by atoms with Gasteiger partial charge in [-0.25, -0.2) is 0 Å². The van der Waals surface area contributed by atoms with Gasteiger partial charge in [0.25, 0.3) is 0 Å². The maximum atomic E-state index is 10.9. The van der Waals surface area contributed by atoms with E-state index in [4.69, 9.17) is 28.9 Å². The minimum absolute atomic E-state index is 0. The number of carbonyl (C=O) groups is 1. The van der Waals surface area contributed by atoms with Gasteiger partial charge in [-0.1, -0.05) is 23.2 Å². The second-order valence-electron chi connectivity index (χ2n) is 2.38. The van der Waals surface area contributed by atoms with Crippen molar-refractivity contribution in [3.05, 3.63) is 28.2 Å². The fourth-order valence-electron chi connectivity index (χ4n) is 0.795. The first-order valence-corrected chi connectivity index (χ1v) is 4.34. The Balaban J connectivity index is 0.00000169. The predicted molar refractivity (Wildman–Crippen MR) is 61.4 cm³/mol. The van der Waals surface area contributed by atoms with Gasteiger partial charge in [0.15, 0.2) is 0 Å². The fraction of sp³-hybridized carbons (Fsp3) is 0.125. The third-order valence-electron chi connectivity index (χ3n) is 1.39. The van der Waals surface area contributed by atoms with Crippen molar-refractivity contribution in [1.29, 1.82) is 0 Å². The minimum Gasteiger partial charge on any atom is -0.324 e. The Hall–Kier alpha value is -0.480. The zero-order valence-corrected chi connectivity index (χ0v) is 9.42. The first-order chi connectivity index (χ1) is 6.13. The summed E-state index contributed by atoms with van der Waals surface area (Å²) in [4.78, 5) is 10.9. The molecule has 3 nitrogen and oxygen atoms in total. The topological polar surface area (TPSA) is 55.1 Å². The molecule has 0 radical (unpaired) electrons. The Kier molecular flexibility index (Phi) is 5.88. The van der Waals surface area contributed by atoms with E-state index in [2.05, 4.69) is 5.32 Å². The van der Waals surface area contributed by atoms with Gasteiger partial charge < -0.3 is 11.1 Å². The molecule has 1 amide bonds. The van der Waals surface area contributed by atoms with E-state index < -0.39 is 0 Å². The third kappa shape index (κ3) is 3.72. The number of hydrogen-bond acceptors (Lipinski definition) is 2. The molecule has 6 heteroatoms. The molecule has 0 saturated heterocycles. The fourth-order valence-corrected chi connectivity index (χ4v) is 1.13. The Bertz CT molecular complexity index is 330. The number of benzene rings is 1. The maximum Gasteiger partial charge on any atom is 0.238 e. The Morgan fingerprint density at radius 3 is 2.64 bits per heavy atom. The summed E-state index contributed by atoms with van der Waals surface area (Å²) in [6, 6.07) is 4.81. The molecule has 0 atom stereocenters. The number of carbonyl (C=O) groups excluding carboxylic acids is 1. The lowest BCUT2D eigenvalue weighted by molar-refractivity contribution is -0.114. The number of amides is 1. The third-order valence-corrected chi connectivity index (χ3v) is 1.95. The molecule has 78 valence electrons. The van der Waals surface area contributed by atoms with Crippen LogP contribution in [0.5, 0.6) is 0 Å². The highest BCUT2D eigenvalue weighted by molar-refractivity contribution is 6.35. The highest BCUT2D eigenvalue weighted by Crippen LogP contribution is 2.25. The van der Waals surface area contributed by atoms with Crippen LogP contribution in [-0.4, -0.2) is 12.5 Å². The smallest absolute Gasteiger partial charge is 0.238 e. The minimum atomic E-state index is -0.302. The summed E-state index contributed by atoms with van der Waals surface area (Å²) in [5, 5.41) is 3.47. The normalized spacial score (nSPS) is 9.07. The summed E-state index contributed by atoms with van der Waals surface area (Å²) in [5.41, 5.74) is 5.60. The van der Waals surface area contributed by atoms with Crippen molar-refractivity contribution in [2.75, 3.05) is 11.9 Å². The summed E-state index contributed by atoms with van der Waals surface area (Å²) in [5.74, 6) is -0.302. The van der Waals surface area contributed by atoms with Crippen molar-refractivity contribution in [2.45, 2.75) is 0 Å². The van der Waals surface area contributed by atoms with Crippen LogP contribution >= 0.6 is 35.6 Å². The van der Waals surface area contributed by atoms with E-state index in [1.165, 1.54) is 0 Å². The number of halogens is 3. The summed E-state index contributed by atoms with van der Waals surface area (Å²) >= 11 is 11.5. The molecule has 0 bridgehead atoms. The number of anilines is 1. The van der Waals surface area contributed by atoms with E-state index in [9.17, 15) is 4.79 Å². The SMILES string of the molecule is Cl.NCC(=O)Nc1cc(Cl)ccc1Cl. The number of nitrogens with one attached hydrogen (secondary N) is 1. The lowest BCUT2D eigenvalue weighted by Gasteiger charge is -2.05. The molecule has 0 unspecified atom stereocenters. The van der Waals surface area contributed by atoms with Gasteiger partial charge in [-0.05, 0) is 18.2 Å². The molecule has 0 spiro atoms. The van der Waals surface area contributed by atoms with E-state index >= 15 is 0 Å². The Morgan fingerprint density at radius 2 is 2.07 bits per heavy atom. The monoisotopic (exact) mass is 254 g/mol. The lowest BCUT2D eigenvalue weighted by Crippen LogP contribution is -2.21. The predicted octanol–water partition coefficient (Wildman–Crippen LogP) is 2.31. The van der Waals surface area contributed by atoms with Gasteiger partial charge in [0.05, 0.1) is 17.3 Å². The summed E-state index contributed by atoms with van der Waals surface area (Å²) in [7, 11) is 0. The van der Waals surface area contributed by atoms with Gasteiger partial charge in [0.2, 0.25) is 5.91 Å². The Morgan fingerprint density at radius 1 is 1.43 bits per heavy atom. The van der Waals surface area contributed by atoms with Gasteiger partial charge in [0, 0.05) is 5.02 Å². The molecule has 0 fully saturated rings. The van der Waals surface area contributed by atoms with Gasteiger partial charge in [0.1, 0.15) is 0 Å². The molecule has 3 N–H and O–H groups in total. The van der Waals surface area contributed by atoms with Crippen LogP contribution < -0.4 is 11.1 Å². The molecule has 0 aliphatic rings. The van der Waals surface area contributed by atoms with Crippen LogP contribution in [0.15, 0.2) is 18.2 Å². The van der Waals surface area contributed by atoms with Crippen molar-refractivity contribution in [1.82, 2.24) is 0 Å².